The molecule has 2 aromatic rings. The third-order valence-corrected chi connectivity index (χ3v) is 4.68. The molecule has 24 heavy (non-hydrogen) atoms. The zero-order valence-corrected chi connectivity index (χ0v) is 14.4. The maximum Gasteiger partial charge on any atom is 0.248 e. The van der Waals surface area contributed by atoms with E-state index in [-0.39, 0.29) is 5.91 Å². The number of halogens is 1. The second-order valence-electron chi connectivity index (χ2n) is 6.24. The predicted molar refractivity (Wildman–Crippen MR) is 97.0 cm³/mol. The van der Waals surface area contributed by atoms with Crippen LogP contribution in [0.4, 0.5) is 0 Å². The lowest BCUT2D eigenvalue weighted by atomic mass is 10.1. The van der Waals surface area contributed by atoms with E-state index in [1.807, 2.05) is 24.3 Å². The molecule has 1 saturated heterocycles. The first-order chi connectivity index (χ1) is 11.6. The molecule has 0 saturated carbocycles. The molecule has 5 heteroatoms. The number of hydrogen-bond acceptors (Lipinski definition) is 3. The van der Waals surface area contributed by atoms with Gasteiger partial charge in [0.2, 0.25) is 5.91 Å². The molecule has 1 amide bonds. The molecule has 1 aliphatic heterocycles. The van der Waals surface area contributed by atoms with Gasteiger partial charge in [-0.2, -0.15) is 0 Å². The van der Waals surface area contributed by atoms with Crippen LogP contribution in [0.3, 0.4) is 0 Å². The summed E-state index contributed by atoms with van der Waals surface area (Å²) in [5.41, 5.74) is 8.35. The highest BCUT2D eigenvalue weighted by Crippen LogP contribution is 2.14. The number of piperazine rings is 1. The molecule has 0 unspecified atom stereocenters. The van der Waals surface area contributed by atoms with Gasteiger partial charge in [0, 0.05) is 49.9 Å². The summed E-state index contributed by atoms with van der Waals surface area (Å²) in [6.45, 7) is 6.09. The number of nitrogens with two attached hydrogens (primary N) is 1. The fourth-order valence-corrected chi connectivity index (χ4v) is 3.11. The molecule has 0 atom stereocenters. The highest BCUT2D eigenvalue weighted by atomic mass is 35.5. The Balaban J connectivity index is 1.48. The molecule has 0 bridgehead atoms. The predicted octanol–water partition coefficient (Wildman–Crippen LogP) is 2.76. The van der Waals surface area contributed by atoms with Gasteiger partial charge in [0.05, 0.1) is 0 Å². The van der Waals surface area contributed by atoms with Gasteiger partial charge in [0.1, 0.15) is 0 Å². The number of carbonyl (C=O) groups is 1. The van der Waals surface area contributed by atoms with Gasteiger partial charge in [0.15, 0.2) is 0 Å². The van der Waals surface area contributed by atoms with Crippen molar-refractivity contribution in [3.05, 3.63) is 70.2 Å². The van der Waals surface area contributed by atoms with E-state index < -0.39 is 0 Å². The zero-order chi connectivity index (χ0) is 16.9. The number of amides is 1. The lowest BCUT2D eigenvalue weighted by molar-refractivity contribution is 0.1000. The van der Waals surface area contributed by atoms with E-state index in [0.29, 0.717) is 5.56 Å². The average molecular weight is 344 g/mol. The van der Waals surface area contributed by atoms with E-state index in [2.05, 4.69) is 21.9 Å². The van der Waals surface area contributed by atoms with Crippen molar-refractivity contribution in [1.29, 1.82) is 0 Å². The van der Waals surface area contributed by atoms with Crippen LogP contribution in [0.15, 0.2) is 48.5 Å². The Hall–Kier alpha value is -1.88. The molecule has 0 aromatic heterocycles. The SMILES string of the molecule is NC(=O)c1ccc(CN2CCN(Cc3ccc(Cl)cc3)CC2)cc1. The molecule has 126 valence electrons. The molecule has 2 aromatic carbocycles. The minimum Gasteiger partial charge on any atom is -0.366 e. The van der Waals surface area contributed by atoms with E-state index in [1.54, 1.807) is 12.1 Å². The number of primary amides is 1. The van der Waals surface area contributed by atoms with Gasteiger partial charge in [-0.25, -0.2) is 0 Å². The van der Waals surface area contributed by atoms with Crippen molar-refractivity contribution in [1.82, 2.24) is 9.80 Å². The Morgan fingerprint density at radius 1 is 0.833 bits per heavy atom. The number of carbonyl (C=O) groups excluding carboxylic acids is 1. The summed E-state index contributed by atoms with van der Waals surface area (Å²) in [5.74, 6) is -0.377. The summed E-state index contributed by atoms with van der Waals surface area (Å²) >= 11 is 5.93. The normalized spacial score (nSPS) is 16.2. The number of benzene rings is 2. The van der Waals surface area contributed by atoms with Crippen LogP contribution in [0, 0.1) is 0 Å². The summed E-state index contributed by atoms with van der Waals surface area (Å²) in [6, 6.07) is 15.7. The van der Waals surface area contributed by atoms with Gasteiger partial charge in [-0.1, -0.05) is 35.9 Å². The molecule has 4 nitrogen and oxygen atoms in total. The Kier molecular flexibility index (Phi) is 5.51. The van der Waals surface area contributed by atoms with Crippen LogP contribution >= 0.6 is 11.6 Å². The molecule has 1 aliphatic rings. The summed E-state index contributed by atoms with van der Waals surface area (Å²) in [6.07, 6.45) is 0. The van der Waals surface area contributed by atoms with Crippen molar-refractivity contribution in [3.8, 4) is 0 Å². The van der Waals surface area contributed by atoms with Crippen LogP contribution in [0.2, 0.25) is 5.02 Å². The first-order valence-corrected chi connectivity index (χ1v) is 8.56. The largest absolute Gasteiger partial charge is 0.366 e. The summed E-state index contributed by atoms with van der Waals surface area (Å²) in [7, 11) is 0. The fraction of sp³-hybridized carbons (Fsp3) is 0.316. The summed E-state index contributed by atoms with van der Waals surface area (Å²) < 4.78 is 0. The molecule has 0 radical (unpaired) electrons. The lowest BCUT2D eigenvalue weighted by Gasteiger charge is -2.34. The molecule has 1 heterocycles. The highest BCUT2D eigenvalue weighted by Gasteiger charge is 2.17. The van der Waals surface area contributed by atoms with E-state index >= 15 is 0 Å². The van der Waals surface area contributed by atoms with Gasteiger partial charge in [-0.05, 0) is 35.4 Å². The van der Waals surface area contributed by atoms with E-state index in [9.17, 15) is 4.79 Å². The van der Waals surface area contributed by atoms with Crippen molar-refractivity contribution in [2.75, 3.05) is 26.2 Å². The second kappa shape index (κ2) is 7.79. The Morgan fingerprint density at radius 2 is 1.25 bits per heavy atom. The molecular weight excluding hydrogens is 322 g/mol. The maximum atomic E-state index is 11.1. The van der Waals surface area contributed by atoms with Gasteiger partial charge < -0.3 is 5.73 Å². The van der Waals surface area contributed by atoms with Gasteiger partial charge >= 0.3 is 0 Å². The molecule has 2 N–H and O–H groups in total. The first kappa shape index (κ1) is 17.0. The number of rotatable bonds is 5. The van der Waals surface area contributed by atoms with Crippen molar-refractivity contribution in [2.45, 2.75) is 13.1 Å². The van der Waals surface area contributed by atoms with Crippen LogP contribution in [0.5, 0.6) is 0 Å². The van der Waals surface area contributed by atoms with E-state index in [0.717, 1.165) is 44.3 Å². The van der Waals surface area contributed by atoms with Crippen LogP contribution in [0.25, 0.3) is 0 Å². The standard InChI is InChI=1S/C19H22ClN3O/c20-18-7-3-16(4-8-18)14-23-11-9-22(10-12-23)13-15-1-5-17(6-2-15)19(21)24/h1-8H,9-14H2,(H2,21,24). The number of hydrogen-bond donors (Lipinski definition) is 1. The Morgan fingerprint density at radius 3 is 1.67 bits per heavy atom. The molecule has 3 rings (SSSR count). The minimum absolute atomic E-state index is 0.377. The van der Waals surface area contributed by atoms with Gasteiger partial charge in [-0.15, -0.1) is 0 Å². The molecule has 0 spiro atoms. The lowest BCUT2D eigenvalue weighted by Crippen LogP contribution is -2.45. The third-order valence-electron chi connectivity index (χ3n) is 4.43. The fourth-order valence-electron chi connectivity index (χ4n) is 2.99. The Bertz CT molecular complexity index is 677. The van der Waals surface area contributed by atoms with Gasteiger partial charge in [-0.3, -0.25) is 14.6 Å². The van der Waals surface area contributed by atoms with E-state index in [4.69, 9.17) is 17.3 Å². The minimum atomic E-state index is -0.377. The average Bonchev–Trinajstić information content (AvgIpc) is 2.59. The summed E-state index contributed by atoms with van der Waals surface area (Å²) in [4.78, 5) is 16.0. The second-order valence-corrected chi connectivity index (χ2v) is 6.68. The van der Waals surface area contributed by atoms with Crippen LogP contribution < -0.4 is 5.73 Å². The van der Waals surface area contributed by atoms with Crippen molar-refractivity contribution in [2.24, 2.45) is 5.73 Å². The smallest absolute Gasteiger partial charge is 0.248 e. The van der Waals surface area contributed by atoms with E-state index in [1.165, 1.54) is 11.1 Å². The quantitative estimate of drug-likeness (QED) is 0.908. The first-order valence-electron chi connectivity index (χ1n) is 8.18. The van der Waals surface area contributed by atoms with Crippen LogP contribution in [-0.2, 0) is 13.1 Å². The topological polar surface area (TPSA) is 49.6 Å². The maximum absolute atomic E-state index is 11.1. The molecule has 1 fully saturated rings. The number of nitrogens with zero attached hydrogens (tertiary/aromatic N) is 2. The Labute approximate surface area is 147 Å². The molecular formula is C19H22ClN3O. The highest BCUT2D eigenvalue weighted by molar-refractivity contribution is 6.30. The molecule has 0 aliphatic carbocycles. The van der Waals surface area contributed by atoms with Crippen molar-refractivity contribution >= 4 is 17.5 Å². The summed E-state index contributed by atoms with van der Waals surface area (Å²) in [5, 5.41) is 0.783. The zero-order valence-electron chi connectivity index (χ0n) is 13.6. The third kappa shape index (κ3) is 4.57. The van der Waals surface area contributed by atoms with Gasteiger partial charge in [0.25, 0.3) is 0 Å². The van der Waals surface area contributed by atoms with Crippen molar-refractivity contribution in [3.63, 3.8) is 0 Å². The van der Waals surface area contributed by atoms with Crippen molar-refractivity contribution < 1.29 is 4.79 Å². The van der Waals surface area contributed by atoms with Crippen LogP contribution in [-0.4, -0.2) is 41.9 Å². The van der Waals surface area contributed by atoms with Crippen LogP contribution in [0.1, 0.15) is 21.5 Å². The monoisotopic (exact) mass is 343 g/mol.